The van der Waals surface area contributed by atoms with E-state index in [-0.39, 0.29) is 30.5 Å². The van der Waals surface area contributed by atoms with E-state index >= 15 is 0 Å². The number of fused-ring (bicyclic) bond motifs is 3. The van der Waals surface area contributed by atoms with Crippen LogP contribution in [0.2, 0.25) is 0 Å². The van der Waals surface area contributed by atoms with Crippen LogP contribution in [0.25, 0.3) is 11.1 Å². The van der Waals surface area contributed by atoms with Crippen LogP contribution in [-0.4, -0.2) is 40.7 Å². The molecule has 0 aliphatic heterocycles. The van der Waals surface area contributed by atoms with Gasteiger partial charge in [0, 0.05) is 12.0 Å². The summed E-state index contributed by atoms with van der Waals surface area (Å²) < 4.78 is 10.8. The largest absolute Gasteiger partial charge is 0.481 e. The van der Waals surface area contributed by atoms with Gasteiger partial charge < -0.3 is 24.9 Å². The number of carbonyl (C=O) groups excluding carboxylic acids is 2. The summed E-state index contributed by atoms with van der Waals surface area (Å²) in [4.78, 5) is 40.4. The molecule has 9 heteroatoms. The predicted octanol–water partition coefficient (Wildman–Crippen LogP) is 3.70. The predicted molar refractivity (Wildman–Crippen MR) is 125 cm³/mol. The van der Waals surface area contributed by atoms with Gasteiger partial charge in [0.1, 0.15) is 6.61 Å². The Kier molecular flexibility index (Phi) is 6.22. The molecule has 5 rings (SSSR count). The summed E-state index contributed by atoms with van der Waals surface area (Å²) >= 11 is 0. The van der Waals surface area contributed by atoms with Gasteiger partial charge in [-0.2, -0.15) is 0 Å². The molecule has 35 heavy (non-hydrogen) atoms. The van der Waals surface area contributed by atoms with Gasteiger partial charge in [0.15, 0.2) is 17.8 Å². The van der Waals surface area contributed by atoms with Crippen molar-refractivity contribution in [3.05, 3.63) is 77.5 Å². The second kappa shape index (κ2) is 9.61. The maximum absolute atomic E-state index is 12.7. The highest BCUT2D eigenvalue weighted by molar-refractivity contribution is 5.93. The van der Waals surface area contributed by atoms with Crippen molar-refractivity contribution >= 4 is 18.0 Å². The maximum atomic E-state index is 12.7. The summed E-state index contributed by atoms with van der Waals surface area (Å²) in [5.74, 6) is -1.96. The van der Waals surface area contributed by atoms with E-state index in [2.05, 4.69) is 27.8 Å². The quantitative estimate of drug-likeness (QED) is 0.475. The minimum Gasteiger partial charge on any atom is -0.481 e. The lowest BCUT2D eigenvalue weighted by atomic mass is 9.98. The molecule has 2 atom stereocenters. The minimum absolute atomic E-state index is 0.0139. The summed E-state index contributed by atoms with van der Waals surface area (Å²) in [5.41, 5.74) is 4.52. The molecule has 1 heterocycles. The van der Waals surface area contributed by atoms with Gasteiger partial charge in [0.25, 0.3) is 5.91 Å². The first-order valence-electron chi connectivity index (χ1n) is 11.6. The molecular formula is C26H25N3O6. The Morgan fingerprint density at radius 2 is 1.71 bits per heavy atom. The molecule has 1 fully saturated rings. The van der Waals surface area contributed by atoms with E-state index in [1.54, 1.807) is 0 Å². The summed E-state index contributed by atoms with van der Waals surface area (Å²) in [7, 11) is 0. The number of nitrogens with zero attached hydrogens (tertiary/aromatic N) is 1. The third-order valence-electron chi connectivity index (χ3n) is 6.74. The van der Waals surface area contributed by atoms with Gasteiger partial charge in [-0.1, -0.05) is 55.0 Å². The van der Waals surface area contributed by atoms with Crippen LogP contribution in [0.15, 0.2) is 59.3 Å². The van der Waals surface area contributed by atoms with Crippen molar-refractivity contribution in [3.63, 3.8) is 0 Å². The number of carboxylic acid groups (broad SMARTS) is 1. The Balaban J connectivity index is 1.18. The molecule has 0 saturated heterocycles. The monoisotopic (exact) mass is 475 g/mol. The molecule has 2 amide bonds. The standard InChI is InChI=1S/C26H25N3O6/c30-24(29-21-11-5-10-19(21)25(31)32)23-22(35-14-28-23)12-27-26(33)34-13-20-17-8-3-1-6-15(17)16-7-2-4-9-18(16)20/h1-4,6-9,14,19-21H,5,10-13H2,(H,27,33)(H,29,30)(H,31,32)/t19-,21+/m1/s1. The molecule has 1 saturated carbocycles. The van der Waals surface area contributed by atoms with Crippen molar-refractivity contribution < 1.29 is 28.6 Å². The van der Waals surface area contributed by atoms with Gasteiger partial charge >= 0.3 is 12.1 Å². The Bertz CT molecular complexity index is 1220. The number of oxazole rings is 1. The molecule has 3 N–H and O–H groups in total. The van der Waals surface area contributed by atoms with Crippen molar-refractivity contribution in [2.75, 3.05) is 6.61 Å². The average molecular weight is 476 g/mol. The third-order valence-corrected chi connectivity index (χ3v) is 6.74. The van der Waals surface area contributed by atoms with Gasteiger partial charge in [0.05, 0.1) is 12.5 Å². The minimum atomic E-state index is -0.926. The number of carboxylic acids is 1. The first-order valence-corrected chi connectivity index (χ1v) is 11.6. The molecule has 0 radical (unpaired) electrons. The topological polar surface area (TPSA) is 131 Å². The van der Waals surface area contributed by atoms with E-state index in [1.165, 1.54) is 0 Å². The highest BCUT2D eigenvalue weighted by Gasteiger charge is 2.35. The molecule has 1 aromatic heterocycles. The Morgan fingerprint density at radius 3 is 2.40 bits per heavy atom. The van der Waals surface area contributed by atoms with Crippen molar-refractivity contribution in [2.45, 2.75) is 37.8 Å². The molecule has 3 aromatic rings. The molecule has 180 valence electrons. The number of hydrogen-bond donors (Lipinski definition) is 3. The van der Waals surface area contributed by atoms with Crippen molar-refractivity contribution in [1.82, 2.24) is 15.6 Å². The Labute approximate surface area is 201 Å². The number of carbonyl (C=O) groups is 3. The average Bonchev–Trinajstić information content (AvgIpc) is 3.59. The van der Waals surface area contributed by atoms with Crippen LogP contribution in [0.4, 0.5) is 4.79 Å². The molecule has 0 spiro atoms. The Hall–Kier alpha value is -4.14. The van der Waals surface area contributed by atoms with E-state index in [0.717, 1.165) is 35.1 Å². The van der Waals surface area contributed by atoms with Gasteiger partial charge in [-0.3, -0.25) is 9.59 Å². The number of rotatable bonds is 7. The number of alkyl carbamates (subject to hydrolysis) is 1. The first kappa shape index (κ1) is 22.6. The molecule has 9 nitrogen and oxygen atoms in total. The number of hydrogen-bond acceptors (Lipinski definition) is 6. The highest BCUT2D eigenvalue weighted by Crippen LogP contribution is 2.44. The molecular weight excluding hydrogens is 450 g/mol. The van der Waals surface area contributed by atoms with E-state index in [0.29, 0.717) is 12.8 Å². The van der Waals surface area contributed by atoms with E-state index in [1.807, 2.05) is 36.4 Å². The number of aliphatic carboxylic acids is 1. The van der Waals surface area contributed by atoms with Gasteiger partial charge in [-0.05, 0) is 35.1 Å². The van der Waals surface area contributed by atoms with Gasteiger partial charge in [-0.15, -0.1) is 0 Å². The fourth-order valence-corrected chi connectivity index (χ4v) is 5.05. The van der Waals surface area contributed by atoms with E-state index < -0.39 is 29.9 Å². The van der Waals surface area contributed by atoms with Crippen LogP contribution in [0.3, 0.4) is 0 Å². The summed E-state index contributed by atoms with van der Waals surface area (Å²) in [6.45, 7) is 0.0777. The van der Waals surface area contributed by atoms with Crippen LogP contribution < -0.4 is 10.6 Å². The second-order valence-electron chi connectivity index (χ2n) is 8.76. The van der Waals surface area contributed by atoms with Crippen LogP contribution >= 0.6 is 0 Å². The third kappa shape index (κ3) is 4.49. The fraction of sp³-hybridized carbons (Fsp3) is 0.308. The number of aromatic nitrogens is 1. The number of benzene rings is 2. The van der Waals surface area contributed by atoms with Gasteiger partial charge in [-0.25, -0.2) is 9.78 Å². The molecule has 2 aromatic carbocycles. The Morgan fingerprint density at radius 1 is 1.03 bits per heavy atom. The highest BCUT2D eigenvalue weighted by atomic mass is 16.5. The van der Waals surface area contributed by atoms with E-state index in [9.17, 15) is 19.5 Å². The van der Waals surface area contributed by atoms with Crippen LogP contribution in [0.1, 0.15) is 52.6 Å². The van der Waals surface area contributed by atoms with Crippen molar-refractivity contribution in [3.8, 4) is 11.1 Å². The zero-order valence-corrected chi connectivity index (χ0v) is 18.9. The first-order chi connectivity index (χ1) is 17.0. The molecule has 0 unspecified atom stereocenters. The maximum Gasteiger partial charge on any atom is 0.407 e. The normalized spacial score (nSPS) is 18.5. The lowest BCUT2D eigenvalue weighted by molar-refractivity contribution is -0.142. The molecule has 2 aliphatic carbocycles. The summed E-state index contributed by atoms with van der Waals surface area (Å²) in [6, 6.07) is 15.7. The second-order valence-corrected chi connectivity index (χ2v) is 8.76. The lowest BCUT2D eigenvalue weighted by Gasteiger charge is -2.17. The van der Waals surface area contributed by atoms with E-state index in [4.69, 9.17) is 9.15 Å². The number of ether oxygens (including phenoxy) is 1. The summed E-state index contributed by atoms with van der Waals surface area (Å²) in [6.07, 6.45) is 2.32. The zero-order chi connectivity index (χ0) is 24.4. The molecule has 2 aliphatic rings. The fourth-order valence-electron chi connectivity index (χ4n) is 5.05. The summed E-state index contributed by atoms with van der Waals surface area (Å²) in [5, 5.41) is 14.7. The molecule has 0 bridgehead atoms. The SMILES string of the molecule is O=C(NCc1ocnc1C(=O)N[C@H]1CCC[C@H]1C(=O)O)OCC1c2ccccc2-c2ccccc21. The van der Waals surface area contributed by atoms with Crippen LogP contribution in [0.5, 0.6) is 0 Å². The van der Waals surface area contributed by atoms with Gasteiger partial charge in [0.2, 0.25) is 0 Å². The zero-order valence-electron chi connectivity index (χ0n) is 18.9. The smallest absolute Gasteiger partial charge is 0.407 e. The number of amides is 2. The number of nitrogens with one attached hydrogen (secondary N) is 2. The lowest BCUT2D eigenvalue weighted by Crippen LogP contribution is -2.40. The van der Waals surface area contributed by atoms with Crippen LogP contribution in [0, 0.1) is 5.92 Å². The van der Waals surface area contributed by atoms with Crippen molar-refractivity contribution in [2.24, 2.45) is 5.92 Å². The van der Waals surface area contributed by atoms with Crippen LogP contribution in [-0.2, 0) is 16.1 Å². The van der Waals surface area contributed by atoms with Crippen molar-refractivity contribution in [1.29, 1.82) is 0 Å².